The second-order valence-electron chi connectivity index (χ2n) is 8.10. The summed E-state index contributed by atoms with van der Waals surface area (Å²) in [4.78, 5) is 13.4. The summed E-state index contributed by atoms with van der Waals surface area (Å²) in [5.74, 6) is 1.68. The van der Waals surface area contributed by atoms with E-state index in [0.29, 0.717) is 23.1 Å². The van der Waals surface area contributed by atoms with Gasteiger partial charge < -0.3 is 35.0 Å². The van der Waals surface area contributed by atoms with Gasteiger partial charge in [-0.3, -0.25) is 0 Å². The number of methoxy groups -OCH3 is 1. The van der Waals surface area contributed by atoms with E-state index >= 15 is 0 Å². The maximum Gasteiger partial charge on any atom is 0.243 e. The third-order valence-corrected chi connectivity index (χ3v) is 5.86. The average Bonchev–Trinajstić information content (AvgIpc) is 2.87. The number of nitrogens with zero attached hydrogens (tertiary/aromatic N) is 4. The van der Waals surface area contributed by atoms with Gasteiger partial charge in [-0.1, -0.05) is 24.2 Å². The van der Waals surface area contributed by atoms with Gasteiger partial charge in [-0.2, -0.15) is 4.98 Å². The molecule has 184 valence electrons. The Labute approximate surface area is 210 Å². The Morgan fingerprint density at radius 3 is 2.71 bits per heavy atom. The molecule has 2 heterocycles. The van der Waals surface area contributed by atoms with Crippen LogP contribution in [0.15, 0.2) is 61.3 Å². The fourth-order valence-corrected chi connectivity index (χ4v) is 3.77. The lowest BCUT2D eigenvalue weighted by atomic mass is 10.2. The standard InChI is InChI=1S/C25H29ClN6O3/c1-4-23(33)28-17-6-5-7-19(14-17)35-24-20(26)16-27-25(30-24)29-21-9-8-18(15-22(21)34-3)32-12-10-31(2)11-13-32/h4-9,14-16,23,28,33H,1,10-13H2,2-3H3,(H,27,29,30). The van der Waals surface area contributed by atoms with Crippen molar-refractivity contribution in [1.29, 1.82) is 0 Å². The van der Waals surface area contributed by atoms with Crippen LogP contribution in [0.5, 0.6) is 17.4 Å². The molecule has 0 aliphatic carbocycles. The van der Waals surface area contributed by atoms with Crippen molar-refractivity contribution >= 4 is 34.6 Å². The van der Waals surface area contributed by atoms with Crippen molar-refractivity contribution in [1.82, 2.24) is 14.9 Å². The third kappa shape index (κ3) is 6.33. The zero-order chi connectivity index (χ0) is 24.8. The van der Waals surface area contributed by atoms with Crippen LogP contribution in [-0.2, 0) is 0 Å². The van der Waals surface area contributed by atoms with E-state index in [0.717, 1.165) is 37.6 Å². The van der Waals surface area contributed by atoms with Crippen LogP contribution in [0.3, 0.4) is 0 Å². The van der Waals surface area contributed by atoms with E-state index in [1.807, 2.05) is 12.1 Å². The molecular weight excluding hydrogens is 468 g/mol. The molecule has 1 fully saturated rings. The number of aliphatic hydroxyl groups is 1. The molecule has 1 atom stereocenters. The molecule has 0 radical (unpaired) electrons. The predicted molar refractivity (Wildman–Crippen MR) is 139 cm³/mol. The van der Waals surface area contributed by atoms with Crippen LogP contribution in [-0.4, -0.2) is 66.5 Å². The van der Waals surface area contributed by atoms with Gasteiger partial charge in [0.2, 0.25) is 11.8 Å². The van der Waals surface area contributed by atoms with Crippen molar-refractivity contribution in [3.63, 3.8) is 0 Å². The zero-order valence-electron chi connectivity index (χ0n) is 19.7. The SMILES string of the molecule is C=CC(O)Nc1cccc(Oc2nc(Nc3ccc(N4CCN(C)CC4)cc3OC)ncc2Cl)c1. The van der Waals surface area contributed by atoms with Gasteiger partial charge in [0.1, 0.15) is 22.7 Å². The maximum absolute atomic E-state index is 9.72. The lowest BCUT2D eigenvalue weighted by Gasteiger charge is -2.34. The van der Waals surface area contributed by atoms with E-state index < -0.39 is 6.23 Å². The highest BCUT2D eigenvalue weighted by Gasteiger charge is 2.17. The van der Waals surface area contributed by atoms with Crippen molar-refractivity contribution < 1.29 is 14.6 Å². The van der Waals surface area contributed by atoms with Gasteiger partial charge in [0.05, 0.1) is 19.0 Å². The first-order valence-electron chi connectivity index (χ1n) is 11.2. The van der Waals surface area contributed by atoms with Crippen LogP contribution in [0.25, 0.3) is 0 Å². The van der Waals surface area contributed by atoms with Crippen molar-refractivity contribution in [2.75, 3.05) is 55.9 Å². The van der Waals surface area contributed by atoms with Crippen LogP contribution in [0.1, 0.15) is 0 Å². The Hall–Kier alpha value is -3.53. The van der Waals surface area contributed by atoms with E-state index in [1.54, 1.807) is 31.4 Å². The lowest BCUT2D eigenvalue weighted by Crippen LogP contribution is -2.44. The molecule has 0 spiro atoms. The summed E-state index contributed by atoms with van der Waals surface area (Å²) >= 11 is 6.29. The Balaban J connectivity index is 1.50. The van der Waals surface area contributed by atoms with Crippen LogP contribution in [0.4, 0.5) is 23.0 Å². The summed E-state index contributed by atoms with van der Waals surface area (Å²) < 4.78 is 11.5. The number of anilines is 4. The molecule has 35 heavy (non-hydrogen) atoms. The molecule has 1 aromatic heterocycles. The highest BCUT2D eigenvalue weighted by Crippen LogP contribution is 2.34. The van der Waals surface area contributed by atoms with Gasteiger partial charge in [0, 0.05) is 49.7 Å². The highest BCUT2D eigenvalue weighted by molar-refractivity contribution is 6.31. The summed E-state index contributed by atoms with van der Waals surface area (Å²) in [5.41, 5.74) is 2.49. The van der Waals surface area contributed by atoms with E-state index in [4.69, 9.17) is 21.1 Å². The molecule has 3 N–H and O–H groups in total. The molecule has 1 aliphatic rings. The molecule has 1 unspecified atom stereocenters. The quantitative estimate of drug-likeness (QED) is 0.295. The topological polar surface area (TPSA) is 95.0 Å². The summed E-state index contributed by atoms with van der Waals surface area (Å²) in [6.07, 6.45) is 1.99. The Morgan fingerprint density at radius 2 is 1.97 bits per heavy atom. The zero-order valence-corrected chi connectivity index (χ0v) is 20.5. The molecule has 1 saturated heterocycles. The van der Waals surface area contributed by atoms with Crippen LogP contribution >= 0.6 is 11.6 Å². The summed E-state index contributed by atoms with van der Waals surface area (Å²) in [6, 6.07) is 13.1. The number of benzene rings is 2. The molecule has 2 aromatic carbocycles. The fourth-order valence-electron chi connectivity index (χ4n) is 3.64. The van der Waals surface area contributed by atoms with Crippen LogP contribution in [0, 0.1) is 0 Å². The second kappa shape index (κ2) is 11.3. The molecule has 3 aromatic rings. The molecule has 0 amide bonds. The Bertz CT molecular complexity index is 1170. The smallest absolute Gasteiger partial charge is 0.243 e. The van der Waals surface area contributed by atoms with Gasteiger partial charge in [-0.25, -0.2) is 4.98 Å². The van der Waals surface area contributed by atoms with Crippen LogP contribution < -0.4 is 25.0 Å². The monoisotopic (exact) mass is 496 g/mol. The third-order valence-electron chi connectivity index (χ3n) is 5.60. The number of halogens is 1. The second-order valence-corrected chi connectivity index (χ2v) is 8.51. The number of hydrogen-bond acceptors (Lipinski definition) is 9. The van der Waals surface area contributed by atoms with E-state index in [2.05, 4.69) is 50.1 Å². The van der Waals surface area contributed by atoms with E-state index in [-0.39, 0.29) is 10.9 Å². The molecular formula is C25H29ClN6O3. The highest BCUT2D eigenvalue weighted by atomic mass is 35.5. The normalized spacial score (nSPS) is 14.8. The number of hydrogen-bond donors (Lipinski definition) is 3. The molecule has 9 nitrogen and oxygen atoms in total. The predicted octanol–water partition coefficient (Wildman–Crippen LogP) is 4.34. The number of nitrogens with one attached hydrogen (secondary N) is 2. The number of piperazine rings is 1. The van der Waals surface area contributed by atoms with Gasteiger partial charge in [0.25, 0.3) is 0 Å². The maximum atomic E-state index is 9.72. The molecule has 0 bridgehead atoms. The first-order chi connectivity index (χ1) is 16.9. The number of aromatic nitrogens is 2. The van der Waals surface area contributed by atoms with E-state index in [9.17, 15) is 5.11 Å². The minimum absolute atomic E-state index is 0.193. The molecule has 0 saturated carbocycles. The first kappa shape index (κ1) is 24.6. The number of ether oxygens (including phenoxy) is 2. The summed E-state index contributed by atoms with van der Waals surface area (Å²) in [5, 5.41) is 16.1. The van der Waals surface area contributed by atoms with Gasteiger partial charge >= 0.3 is 0 Å². The number of rotatable bonds is 9. The number of likely N-dealkylation sites (N-methyl/N-ethyl adjacent to an activating group) is 1. The van der Waals surface area contributed by atoms with Crippen LogP contribution in [0.2, 0.25) is 5.02 Å². The minimum atomic E-state index is -0.874. The van der Waals surface area contributed by atoms with E-state index in [1.165, 1.54) is 12.3 Å². The Morgan fingerprint density at radius 1 is 1.17 bits per heavy atom. The molecule has 4 rings (SSSR count). The molecule has 10 heteroatoms. The Kier molecular flexibility index (Phi) is 7.91. The summed E-state index contributed by atoms with van der Waals surface area (Å²) in [7, 11) is 3.77. The largest absolute Gasteiger partial charge is 0.494 e. The fraction of sp³-hybridized carbons (Fsp3) is 0.280. The van der Waals surface area contributed by atoms with Crippen molar-refractivity contribution in [2.24, 2.45) is 0 Å². The van der Waals surface area contributed by atoms with Gasteiger partial charge in [0.15, 0.2) is 0 Å². The average molecular weight is 497 g/mol. The van der Waals surface area contributed by atoms with Crippen molar-refractivity contribution in [3.05, 3.63) is 66.3 Å². The van der Waals surface area contributed by atoms with Crippen molar-refractivity contribution in [3.8, 4) is 17.4 Å². The molecule has 1 aliphatic heterocycles. The summed E-state index contributed by atoms with van der Waals surface area (Å²) in [6.45, 7) is 7.54. The lowest BCUT2D eigenvalue weighted by molar-refractivity contribution is 0.253. The number of aliphatic hydroxyl groups excluding tert-OH is 1. The first-order valence-corrected chi connectivity index (χ1v) is 11.6. The van der Waals surface area contributed by atoms with Gasteiger partial charge in [-0.15, -0.1) is 0 Å². The van der Waals surface area contributed by atoms with Crippen molar-refractivity contribution in [2.45, 2.75) is 6.23 Å². The van der Waals surface area contributed by atoms with Gasteiger partial charge in [-0.05, 0) is 37.4 Å². The minimum Gasteiger partial charge on any atom is -0.494 e.